The minimum atomic E-state index is 0.00741. The molecule has 3 heterocycles. The van der Waals surface area contributed by atoms with Gasteiger partial charge in [0.2, 0.25) is 0 Å². The van der Waals surface area contributed by atoms with E-state index >= 15 is 0 Å². The SMILES string of the molecule is O=C(c1ccc2n[nH]nc2c1)N1CCCCC[C@H]1c1ccco1. The smallest absolute Gasteiger partial charge is 0.254 e. The van der Waals surface area contributed by atoms with Crippen LogP contribution >= 0.6 is 0 Å². The normalized spacial score (nSPS) is 19.0. The molecule has 2 aromatic heterocycles. The van der Waals surface area contributed by atoms with E-state index < -0.39 is 0 Å². The highest BCUT2D eigenvalue weighted by molar-refractivity contribution is 5.97. The first-order chi connectivity index (χ1) is 11.3. The minimum absolute atomic E-state index is 0.00741. The summed E-state index contributed by atoms with van der Waals surface area (Å²) in [7, 11) is 0. The molecule has 118 valence electrons. The zero-order chi connectivity index (χ0) is 15.6. The van der Waals surface area contributed by atoms with Gasteiger partial charge in [-0.2, -0.15) is 15.4 Å². The topological polar surface area (TPSA) is 75.0 Å². The maximum absolute atomic E-state index is 13.0. The molecule has 1 atom stereocenters. The monoisotopic (exact) mass is 310 g/mol. The number of rotatable bonds is 2. The Labute approximate surface area is 133 Å². The maximum atomic E-state index is 13.0. The molecule has 6 nitrogen and oxygen atoms in total. The number of amides is 1. The van der Waals surface area contributed by atoms with Crippen LogP contribution in [-0.2, 0) is 0 Å². The molecular weight excluding hydrogens is 292 g/mol. The zero-order valence-electron chi connectivity index (χ0n) is 12.7. The number of likely N-dealkylation sites (tertiary alicyclic amines) is 1. The lowest BCUT2D eigenvalue weighted by Gasteiger charge is -2.28. The van der Waals surface area contributed by atoms with Crippen molar-refractivity contribution in [3.05, 3.63) is 47.9 Å². The van der Waals surface area contributed by atoms with Gasteiger partial charge in [-0.3, -0.25) is 4.79 Å². The molecule has 0 aliphatic carbocycles. The number of carbonyl (C=O) groups is 1. The van der Waals surface area contributed by atoms with Crippen LogP contribution in [0.15, 0.2) is 41.0 Å². The summed E-state index contributed by atoms with van der Waals surface area (Å²) in [6, 6.07) is 9.28. The van der Waals surface area contributed by atoms with E-state index in [1.54, 1.807) is 12.3 Å². The molecule has 3 aromatic rings. The van der Waals surface area contributed by atoms with Gasteiger partial charge in [0.25, 0.3) is 5.91 Å². The molecule has 1 aliphatic heterocycles. The van der Waals surface area contributed by atoms with Crippen LogP contribution in [0.25, 0.3) is 11.0 Å². The number of H-pyrrole nitrogens is 1. The Morgan fingerprint density at radius 2 is 2.09 bits per heavy atom. The Hall–Kier alpha value is -2.63. The van der Waals surface area contributed by atoms with Crippen molar-refractivity contribution in [1.82, 2.24) is 20.3 Å². The van der Waals surface area contributed by atoms with Crippen molar-refractivity contribution in [2.75, 3.05) is 6.54 Å². The third kappa shape index (κ3) is 2.60. The van der Waals surface area contributed by atoms with Gasteiger partial charge in [-0.1, -0.05) is 12.8 Å². The quantitative estimate of drug-likeness (QED) is 0.788. The Kier molecular flexibility index (Phi) is 3.57. The molecule has 0 bridgehead atoms. The third-order valence-corrected chi connectivity index (χ3v) is 4.45. The summed E-state index contributed by atoms with van der Waals surface area (Å²) in [5.41, 5.74) is 2.12. The van der Waals surface area contributed by atoms with Crippen LogP contribution in [0, 0.1) is 0 Å². The number of fused-ring (bicyclic) bond motifs is 1. The summed E-state index contributed by atoms with van der Waals surface area (Å²) in [4.78, 5) is 15.0. The summed E-state index contributed by atoms with van der Waals surface area (Å²) >= 11 is 0. The van der Waals surface area contributed by atoms with Crippen LogP contribution in [0.4, 0.5) is 0 Å². The van der Waals surface area contributed by atoms with Crippen molar-refractivity contribution in [1.29, 1.82) is 0 Å². The van der Waals surface area contributed by atoms with E-state index in [0.717, 1.165) is 43.5 Å². The van der Waals surface area contributed by atoms with Crippen molar-refractivity contribution >= 4 is 16.9 Å². The van der Waals surface area contributed by atoms with Crippen molar-refractivity contribution in [3.63, 3.8) is 0 Å². The van der Waals surface area contributed by atoms with Crippen molar-refractivity contribution in [3.8, 4) is 0 Å². The van der Waals surface area contributed by atoms with Crippen molar-refractivity contribution in [2.24, 2.45) is 0 Å². The molecule has 0 radical (unpaired) electrons. The predicted octanol–water partition coefficient (Wildman–Crippen LogP) is 3.31. The first-order valence-corrected chi connectivity index (χ1v) is 7.98. The molecule has 1 amide bonds. The molecule has 4 rings (SSSR count). The Balaban J connectivity index is 1.68. The Morgan fingerprint density at radius 1 is 1.17 bits per heavy atom. The number of benzene rings is 1. The molecule has 23 heavy (non-hydrogen) atoms. The van der Waals surface area contributed by atoms with E-state index in [9.17, 15) is 4.79 Å². The number of carbonyl (C=O) groups excluding carboxylic acids is 1. The number of aromatic nitrogens is 3. The molecule has 1 aliphatic rings. The Morgan fingerprint density at radius 3 is 2.96 bits per heavy atom. The first-order valence-electron chi connectivity index (χ1n) is 7.98. The third-order valence-electron chi connectivity index (χ3n) is 4.45. The van der Waals surface area contributed by atoms with E-state index in [2.05, 4.69) is 15.4 Å². The van der Waals surface area contributed by atoms with Crippen LogP contribution in [0.5, 0.6) is 0 Å². The fourth-order valence-corrected chi connectivity index (χ4v) is 3.27. The average Bonchev–Trinajstić information content (AvgIpc) is 3.21. The second kappa shape index (κ2) is 5.87. The molecule has 1 fully saturated rings. The van der Waals surface area contributed by atoms with Gasteiger partial charge >= 0.3 is 0 Å². The summed E-state index contributed by atoms with van der Waals surface area (Å²) < 4.78 is 5.58. The summed E-state index contributed by atoms with van der Waals surface area (Å²) in [5.74, 6) is 0.890. The number of nitrogens with one attached hydrogen (secondary N) is 1. The van der Waals surface area contributed by atoms with E-state index in [4.69, 9.17) is 4.42 Å². The van der Waals surface area contributed by atoms with E-state index in [1.807, 2.05) is 29.2 Å². The van der Waals surface area contributed by atoms with Gasteiger partial charge in [-0.25, -0.2) is 0 Å². The number of furan rings is 1. The molecular formula is C17H18N4O2. The Bertz CT molecular complexity index is 809. The zero-order valence-corrected chi connectivity index (χ0v) is 12.7. The molecule has 0 unspecified atom stereocenters. The molecule has 1 N–H and O–H groups in total. The van der Waals surface area contributed by atoms with Crippen molar-refractivity contribution < 1.29 is 9.21 Å². The van der Waals surface area contributed by atoms with Gasteiger partial charge < -0.3 is 9.32 Å². The number of hydrogen-bond donors (Lipinski definition) is 1. The van der Waals surface area contributed by atoms with Gasteiger partial charge in [-0.05, 0) is 43.2 Å². The fourth-order valence-electron chi connectivity index (χ4n) is 3.27. The summed E-state index contributed by atoms with van der Waals surface area (Å²) in [5, 5.41) is 10.7. The highest BCUT2D eigenvalue weighted by atomic mass is 16.3. The lowest BCUT2D eigenvalue weighted by molar-refractivity contribution is 0.0658. The number of hydrogen-bond acceptors (Lipinski definition) is 4. The first kappa shape index (κ1) is 14.0. The van der Waals surface area contributed by atoms with Gasteiger partial charge in [0.05, 0.1) is 12.3 Å². The van der Waals surface area contributed by atoms with Crippen LogP contribution < -0.4 is 0 Å². The molecule has 0 saturated carbocycles. The highest BCUT2D eigenvalue weighted by Crippen LogP contribution is 2.31. The highest BCUT2D eigenvalue weighted by Gasteiger charge is 2.29. The second-order valence-corrected chi connectivity index (χ2v) is 5.91. The van der Waals surface area contributed by atoms with E-state index in [1.165, 1.54) is 0 Å². The van der Waals surface area contributed by atoms with E-state index in [0.29, 0.717) is 11.1 Å². The predicted molar refractivity (Wildman–Crippen MR) is 84.8 cm³/mol. The molecule has 1 aromatic carbocycles. The molecule has 6 heteroatoms. The second-order valence-electron chi connectivity index (χ2n) is 5.91. The maximum Gasteiger partial charge on any atom is 0.254 e. The number of aromatic amines is 1. The average molecular weight is 310 g/mol. The standard InChI is InChI=1S/C17H18N4O2/c22-17(12-7-8-13-14(11-12)19-20-18-13)21-9-3-1-2-5-15(21)16-6-4-10-23-16/h4,6-8,10-11,15H,1-3,5,9H2,(H,18,19,20)/t15-/m0/s1. The molecule has 1 saturated heterocycles. The molecule has 0 spiro atoms. The lowest BCUT2D eigenvalue weighted by atomic mass is 10.1. The lowest BCUT2D eigenvalue weighted by Crippen LogP contribution is -2.34. The van der Waals surface area contributed by atoms with Crippen LogP contribution in [0.1, 0.15) is 47.8 Å². The van der Waals surface area contributed by atoms with Gasteiger partial charge in [0, 0.05) is 12.1 Å². The van der Waals surface area contributed by atoms with Crippen LogP contribution in [-0.4, -0.2) is 32.8 Å². The van der Waals surface area contributed by atoms with Crippen LogP contribution in [0.3, 0.4) is 0 Å². The van der Waals surface area contributed by atoms with Gasteiger partial charge in [-0.15, -0.1) is 0 Å². The number of nitrogens with zero attached hydrogens (tertiary/aromatic N) is 3. The van der Waals surface area contributed by atoms with Crippen LogP contribution in [0.2, 0.25) is 0 Å². The summed E-state index contributed by atoms with van der Waals surface area (Å²) in [6.45, 7) is 0.751. The fraction of sp³-hybridized carbons (Fsp3) is 0.353. The largest absolute Gasteiger partial charge is 0.467 e. The van der Waals surface area contributed by atoms with Gasteiger partial charge in [0.15, 0.2) is 0 Å². The van der Waals surface area contributed by atoms with Gasteiger partial charge in [0.1, 0.15) is 16.8 Å². The van der Waals surface area contributed by atoms with E-state index in [-0.39, 0.29) is 11.9 Å². The summed E-state index contributed by atoms with van der Waals surface area (Å²) in [6.07, 6.45) is 5.88. The van der Waals surface area contributed by atoms with Crippen molar-refractivity contribution in [2.45, 2.75) is 31.7 Å². The minimum Gasteiger partial charge on any atom is -0.467 e.